The van der Waals surface area contributed by atoms with E-state index >= 15 is 0 Å². The number of aromatic nitrogens is 3. The molecular weight excluding hydrogens is 310 g/mol. The molecule has 25 heavy (non-hydrogen) atoms. The topological polar surface area (TPSA) is 56.8 Å². The van der Waals surface area contributed by atoms with Crippen LogP contribution in [0.25, 0.3) is 22.0 Å². The normalized spacial score (nSPS) is 25.8. The van der Waals surface area contributed by atoms with Crippen LogP contribution in [0.5, 0.6) is 0 Å². The van der Waals surface area contributed by atoms with Gasteiger partial charge in [0.05, 0.1) is 0 Å². The van der Waals surface area contributed by atoms with E-state index in [2.05, 4.69) is 49.4 Å². The van der Waals surface area contributed by atoms with E-state index in [4.69, 9.17) is 0 Å². The molecule has 1 aromatic carbocycles. The minimum Gasteiger partial charge on any atom is -0.361 e. The predicted octanol–water partition coefficient (Wildman–Crippen LogP) is 3.52. The summed E-state index contributed by atoms with van der Waals surface area (Å²) in [5.41, 5.74) is 3.36. The third kappa shape index (κ3) is 2.89. The number of fused-ring (bicyclic) bond motifs is 3. The lowest BCUT2D eigenvalue weighted by Gasteiger charge is -2.42. The molecule has 2 aromatic heterocycles. The van der Waals surface area contributed by atoms with Crippen LogP contribution in [0.3, 0.4) is 0 Å². The highest BCUT2D eigenvalue weighted by atomic mass is 15.2. The number of hydrogen-bond acceptors (Lipinski definition) is 4. The van der Waals surface area contributed by atoms with Crippen LogP contribution in [-0.2, 0) is 0 Å². The second kappa shape index (κ2) is 6.15. The Hall–Kier alpha value is -2.40. The maximum absolute atomic E-state index is 4.58. The van der Waals surface area contributed by atoms with Gasteiger partial charge < -0.3 is 15.2 Å². The lowest BCUT2D eigenvalue weighted by atomic mass is 9.85. The SMILES string of the molecule is c1cc2cc(-c3cnc(NC4CCN5CCCC4C5)nc3)ccc2[nH]1. The molecule has 0 saturated carbocycles. The molecule has 5 rings (SSSR count). The molecule has 3 aromatic rings. The molecule has 3 unspecified atom stereocenters. The Morgan fingerprint density at radius 3 is 2.88 bits per heavy atom. The average Bonchev–Trinajstić information content (AvgIpc) is 3.13. The van der Waals surface area contributed by atoms with Crippen molar-refractivity contribution in [3.63, 3.8) is 0 Å². The molecule has 2 N–H and O–H groups in total. The van der Waals surface area contributed by atoms with Crippen LogP contribution in [0.1, 0.15) is 19.3 Å². The summed E-state index contributed by atoms with van der Waals surface area (Å²) in [6.07, 6.45) is 9.67. The maximum Gasteiger partial charge on any atom is 0.222 e. The van der Waals surface area contributed by atoms with E-state index in [1.165, 1.54) is 44.3 Å². The molecule has 3 atom stereocenters. The molecule has 2 bridgehead atoms. The Kier molecular flexibility index (Phi) is 3.67. The highest BCUT2D eigenvalue weighted by Crippen LogP contribution is 2.28. The van der Waals surface area contributed by atoms with E-state index in [0.29, 0.717) is 6.04 Å². The Labute approximate surface area is 147 Å². The zero-order valence-electron chi connectivity index (χ0n) is 14.3. The highest BCUT2D eigenvalue weighted by molar-refractivity contribution is 5.84. The van der Waals surface area contributed by atoms with E-state index in [1.54, 1.807) is 0 Å². The number of piperidine rings is 2. The summed E-state index contributed by atoms with van der Waals surface area (Å²) in [6.45, 7) is 3.70. The van der Waals surface area contributed by atoms with Crippen molar-refractivity contribution in [2.24, 2.45) is 5.92 Å². The molecule has 0 spiro atoms. The maximum atomic E-state index is 4.58. The van der Waals surface area contributed by atoms with Crippen molar-refractivity contribution in [2.75, 3.05) is 25.0 Å². The molecule has 0 amide bonds. The zero-order valence-corrected chi connectivity index (χ0v) is 14.3. The fourth-order valence-electron chi connectivity index (χ4n) is 4.32. The molecule has 2 saturated heterocycles. The molecule has 2 aliphatic rings. The molecular formula is C20H23N5. The van der Waals surface area contributed by atoms with Gasteiger partial charge in [-0.2, -0.15) is 0 Å². The summed E-state index contributed by atoms with van der Waals surface area (Å²) in [5, 5.41) is 4.80. The number of rotatable bonds is 3. The first-order valence-corrected chi connectivity index (χ1v) is 9.24. The van der Waals surface area contributed by atoms with Crippen LogP contribution in [0.4, 0.5) is 5.95 Å². The van der Waals surface area contributed by atoms with Gasteiger partial charge in [-0.3, -0.25) is 0 Å². The summed E-state index contributed by atoms with van der Waals surface area (Å²) in [5.74, 6) is 1.50. The molecule has 0 aliphatic carbocycles. The van der Waals surface area contributed by atoms with Gasteiger partial charge in [0.25, 0.3) is 0 Å². The van der Waals surface area contributed by atoms with Crippen molar-refractivity contribution in [1.29, 1.82) is 0 Å². The van der Waals surface area contributed by atoms with Crippen molar-refractivity contribution in [2.45, 2.75) is 25.3 Å². The monoisotopic (exact) mass is 333 g/mol. The molecule has 5 heteroatoms. The summed E-state index contributed by atoms with van der Waals surface area (Å²) in [6, 6.07) is 9.00. The third-order valence-electron chi connectivity index (χ3n) is 5.72. The van der Waals surface area contributed by atoms with Crippen molar-refractivity contribution in [3.05, 3.63) is 42.9 Å². The number of hydrogen-bond donors (Lipinski definition) is 2. The van der Waals surface area contributed by atoms with Crippen LogP contribution in [-0.4, -0.2) is 45.5 Å². The van der Waals surface area contributed by atoms with Gasteiger partial charge in [0, 0.05) is 48.8 Å². The van der Waals surface area contributed by atoms with E-state index in [9.17, 15) is 0 Å². The van der Waals surface area contributed by atoms with Crippen LogP contribution < -0.4 is 5.32 Å². The number of anilines is 1. The molecule has 0 radical (unpaired) electrons. The Bertz CT molecular complexity index is 869. The number of aromatic amines is 1. The molecule has 5 nitrogen and oxygen atoms in total. The number of benzene rings is 1. The minimum absolute atomic E-state index is 0.513. The summed E-state index contributed by atoms with van der Waals surface area (Å²) in [7, 11) is 0. The third-order valence-corrected chi connectivity index (χ3v) is 5.72. The second-order valence-corrected chi connectivity index (χ2v) is 7.32. The van der Waals surface area contributed by atoms with Gasteiger partial charge in [-0.05, 0) is 60.9 Å². The summed E-state index contributed by atoms with van der Waals surface area (Å²) >= 11 is 0. The van der Waals surface area contributed by atoms with Crippen LogP contribution in [0.15, 0.2) is 42.9 Å². The molecule has 128 valence electrons. The van der Waals surface area contributed by atoms with E-state index < -0.39 is 0 Å². The smallest absolute Gasteiger partial charge is 0.222 e. The number of nitrogens with one attached hydrogen (secondary N) is 2. The van der Waals surface area contributed by atoms with Gasteiger partial charge in [0.2, 0.25) is 5.95 Å². The van der Waals surface area contributed by atoms with Crippen LogP contribution in [0, 0.1) is 5.92 Å². The quantitative estimate of drug-likeness (QED) is 0.770. The van der Waals surface area contributed by atoms with Gasteiger partial charge in [-0.15, -0.1) is 0 Å². The van der Waals surface area contributed by atoms with Gasteiger partial charge in [0.15, 0.2) is 0 Å². The first-order valence-electron chi connectivity index (χ1n) is 9.24. The Morgan fingerprint density at radius 1 is 1.04 bits per heavy atom. The first-order chi connectivity index (χ1) is 12.3. The van der Waals surface area contributed by atoms with Crippen LogP contribution in [0.2, 0.25) is 0 Å². The van der Waals surface area contributed by atoms with Crippen molar-refractivity contribution >= 4 is 16.9 Å². The fourth-order valence-corrected chi connectivity index (χ4v) is 4.32. The molecule has 2 fully saturated rings. The lowest BCUT2D eigenvalue weighted by molar-refractivity contribution is 0.113. The summed E-state index contributed by atoms with van der Waals surface area (Å²) in [4.78, 5) is 15.0. The van der Waals surface area contributed by atoms with Gasteiger partial charge in [-0.1, -0.05) is 6.07 Å². The van der Waals surface area contributed by atoms with Crippen LogP contribution >= 0.6 is 0 Å². The molecule has 4 heterocycles. The van der Waals surface area contributed by atoms with Gasteiger partial charge >= 0.3 is 0 Å². The van der Waals surface area contributed by atoms with Crippen molar-refractivity contribution in [1.82, 2.24) is 19.9 Å². The standard InChI is InChI=1S/C20H23N5/c1-2-16-13-25(8-1)9-6-19(16)24-20-22-11-17(12-23-20)14-3-4-18-15(10-14)5-7-21-18/h3-5,7,10-12,16,19,21H,1-2,6,8-9,13H2,(H,22,23,24). The minimum atomic E-state index is 0.513. The van der Waals surface area contributed by atoms with Crippen molar-refractivity contribution < 1.29 is 0 Å². The fraction of sp³-hybridized carbons (Fsp3) is 0.400. The molecule has 2 aliphatic heterocycles. The predicted molar refractivity (Wildman–Crippen MR) is 101 cm³/mol. The number of H-pyrrole nitrogens is 1. The van der Waals surface area contributed by atoms with Crippen molar-refractivity contribution in [3.8, 4) is 11.1 Å². The largest absolute Gasteiger partial charge is 0.361 e. The summed E-state index contributed by atoms with van der Waals surface area (Å²) < 4.78 is 0. The second-order valence-electron chi connectivity index (χ2n) is 7.32. The number of nitrogens with zero attached hydrogens (tertiary/aromatic N) is 3. The lowest BCUT2D eigenvalue weighted by Crippen LogP contribution is -2.49. The van der Waals surface area contributed by atoms with Gasteiger partial charge in [-0.25, -0.2) is 9.97 Å². The van der Waals surface area contributed by atoms with Gasteiger partial charge in [0.1, 0.15) is 0 Å². The average molecular weight is 333 g/mol. The van der Waals surface area contributed by atoms with E-state index in [1.807, 2.05) is 18.6 Å². The van der Waals surface area contributed by atoms with E-state index in [0.717, 1.165) is 28.5 Å². The van der Waals surface area contributed by atoms with E-state index in [-0.39, 0.29) is 0 Å². The zero-order chi connectivity index (χ0) is 16.6. The highest BCUT2D eigenvalue weighted by Gasteiger charge is 2.32. The Morgan fingerprint density at radius 2 is 1.96 bits per heavy atom. The Balaban J connectivity index is 1.32. The first kappa shape index (κ1) is 14.9.